The second-order valence-corrected chi connectivity index (χ2v) is 10.9. The second kappa shape index (κ2) is 11.6. The van der Waals surface area contributed by atoms with Crippen molar-refractivity contribution in [3.63, 3.8) is 0 Å². The molecule has 0 fully saturated rings. The first-order valence-corrected chi connectivity index (χ1v) is 13.2. The minimum atomic E-state index is -3.91. The number of halogens is 1. The molecule has 0 aliphatic heterocycles. The summed E-state index contributed by atoms with van der Waals surface area (Å²) >= 11 is 3.40. The van der Waals surface area contributed by atoms with Gasteiger partial charge < -0.3 is 10.1 Å². The number of hydrogen-bond donors (Lipinski definition) is 1. The van der Waals surface area contributed by atoms with Gasteiger partial charge in [0.25, 0.3) is 0 Å². The summed E-state index contributed by atoms with van der Waals surface area (Å²) in [6.07, 6.45) is 0.491. The van der Waals surface area contributed by atoms with E-state index in [0.29, 0.717) is 17.7 Å². The average molecular weight is 545 g/mol. The van der Waals surface area contributed by atoms with Gasteiger partial charge in [0.2, 0.25) is 15.9 Å². The number of nitrogens with one attached hydrogen (secondary N) is 1. The number of amides is 1. The second-order valence-electron chi connectivity index (χ2n) is 8.05. The van der Waals surface area contributed by atoms with Crippen LogP contribution in [0.2, 0.25) is 0 Å². The van der Waals surface area contributed by atoms with Crippen molar-refractivity contribution in [2.75, 3.05) is 20.2 Å². The van der Waals surface area contributed by atoms with E-state index < -0.39 is 10.0 Å². The fraction of sp³-hybridized carbons (Fsp3) is 0.269. The predicted molar refractivity (Wildman–Crippen MR) is 137 cm³/mol. The van der Waals surface area contributed by atoms with Gasteiger partial charge in [-0.05, 0) is 67.3 Å². The number of methoxy groups -OCH3 is 1. The Morgan fingerprint density at radius 2 is 1.74 bits per heavy atom. The van der Waals surface area contributed by atoms with Crippen molar-refractivity contribution in [3.8, 4) is 5.75 Å². The van der Waals surface area contributed by atoms with E-state index >= 15 is 0 Å². The maximum Gasteiger partial charge on any atom is 0.243 e. The van der Waals surface area contributed by atoms with Crippen LogP contribution in [-0.4, -0.2) is 38.8 Å². The maximum absolute atomic E-state index is 13.5. The minimum Gasteiger partial charge on any atom is -0.496 e. The molecule has 0 bridgehead atoms. The first-order chi connectivity index (χ1) is 16.2. The van der Waals surface area contributed by atoms with E-state index in [-0.39, 0.29) is 29.9 Å². The van der Waals surface area contributed by atoms with Gasteiger partial charge in [-0.25, -0.2) is 8.42 Å². The number of benzene rings is 3. The van der Waals surface area contributed by atoms with Crippen molar-refractivity contribution < 1.29 is 17.9 Å². The lowest BCUT2D eigenvalue weighted by molar-refractivity contribution is -0.121. The summed E-state index contributed by atoms with van der Waals surface area (Å²) in [7, 11) is -2.37. The lowest BCUT2D eigenvalue weighted by Crippen LogP contribution is -2.42. The third kappa shape index (κ3) is 6.68. The lowest BCUT2D eigenvalue weighted by atomic mass is 10.1. The smallest absolute Gasteiger partial charge is 0.243 e. The fourth-order valence-electron chi connectivity index (χ4n) is 3.63. The number of aryl methyl sites for hydroxylation is 1. The van der Waals surface area contributed by atoms with E-state index in [2.05, 4.69) is 21.2 Å². The molecule has 0 aliphatic carbocycles. The van der Waals surface area contributed by atoms with Crippen LogP contribution in [0.25, 0.3) is 0 Å². The summed E-state index contributed by atoms with van der Waals surface area (Å²) in [6.45, 7) is 3.56. The zero-order valence-electron chi connectivity index (χ0n) is 19.5. The number of carbonyl (C=O) groups is 1. The monoisotopic (exact) mass is 544 g/mol. The molecular formula is C26H29BrN2O4S. The standard InChI is InChI=1S/C26H29BrN2O4S/c1-19-17-24(13-14-25(19)33-3)34(31,32)29(16-15-21-7-5-4-6-8-21)18-26(30)28-20(2)22-9-11-23(27)12-10-22/h4-14,17,20H,15-16,18H2,1-3H3,(H,28,30)/t20-/m0/s1. The van der Waals surface area contributed by atoms with Crippen LogP contribution in [-0.2, 0) is 21.2 Å². The number of ether oxygens (including phenoxy) is 1. The predicted octanol–water partition coefficient (Wildman–Crippen LogP) is 4.88. The molecule has 180 valence electrons. The van der Waals surface area contributed by atoms with Crippen LogP contribution in [0.1, 0.15) is 29.7 Å². The lowest BCUT2D eigenvalue weighted by Gasteiger charge is -2.23. The van der Waals surface area contributed by atoms with Crippen molar-refractivity contribution in [2.24, 2.45) is 0 Å². The average Bonchev–Trinajstić information content (AvgIpc) is 2.82. The summed E-state index contributed by atoms with van der Waals surface area (Å²) in [5.41, 5.74) is 2.64. The van der Waals surface area contributed by atoms with Crippen LogP contribution in [0.15, 0.2) is 82.2 Å². The first kappa shape index (κ1) is 25.9. The Hall–Kier alpha value is -2.68. The van der Waals surface area contributed by atoms with Crippen LogP contribution in [0.4, 0.5) is 0 Å². The van der Waals surface area contributed by atoms with Crippen molar-refractivity contribution in [3.05, 3.63) is 94.0 Å². The molecule has 1 amide bonds. The van der Waals surface area contributed by atoms with Crippen LogP contribution in [0.5, 0.6) is 5.75 Å². The van der Waals surface area contributed by atoms with Crippen molar-refractivity contribution in [2.45, 2.75) is 31.2 Å². The summed E-state index contributed by atoms with van der Waals surface area (Å²) in [4.78, 5) is 13.0. The topological polar surface area (TPSA) is 75.7 Å². The molecule has 0 spiro atoms. The summed E-state index contributed by atoms with van der Waals surface area (Å²) < 4.78 is 34.5. The molecule has 0 saturated carbocycles. The van der Waals surface area contributed by atoms with Crippen molar-refractivity contribution in [1.29, 1.82) is 0 Å². The molecule has 34 heavy (non-hydrogen) atoms. The minimum absolute atomic E-state index is 0.132. The van der Waals surface area contributed by atoms with E-state index in [1.54, 1.807) is 26.2 Å². The highest BCUT2D eigenvalue weighted by Crippen LogP contribution is 2.24. The zero-order valence-corrected chi connectivity index (χ0v) is 21.9. The van der Waals surface area contributed by atoms with Gasteiger partial charge >= 0.3 is 0 Å². The molecule has 0 aromatic heterocycles. The molecule has 0 radical (unpaired) electrons. The molecule has 8 heteroatoms. The van der Waals surface area contributed by atoms with Crippen LogP contribution in [0, 0.1) is 6.92 Å². The molecule has 3 rings (SSSR count). The summed E-state index contributed by atoms with van der Waals surface area (Å²) in [5, 5.41) is 2.92. The fourth-order valence-corrected chi connectivity index (χ4v) is 5.37. The van der Waals surface area contributed by atoms with Crippen LogP contribution >= 0.6 is 15.9 Å². The van der Waals surface area contributed by atoms with Gasteiger partial charge in [0.05, 0.1) is 24.6 Å². The molecule has 6 nitrogen and oxygen atoms in total. The Bertz CT molecular complexity index is 1220. The van der Waals surface area contributed by atoms with Gasteiger partial charge in [-0.15, -0.1) is 0 Å². The molecule has 0 unspecified atom stereocenters. The van der Waals surface area contributed by atoms with Gasteiger partial charge in [-0.2, -0.15) is 4.31 Å². The third-order valence-electron chi connectivity index (χ3n) is 5.56. The highest BCUT2D eigenvalue weighted by atomic mass is 79.9. The van der Waals surface area contributed by atoms with Gasteiger partial charge in [0.1, 0.15) is 5.75 Å². The third-order valence-corrected chi connectivity index (χ3v) is 7.93. The number of sulfonamides is 1. The first-order valence-electron chi connectivity index (χ1n) is 10.9. The zero-order chi connectivity index (χ0) is 24.7. The Morgan fingerprint density at radius 1 is 1.06 bits per heavy atom. The summed E-state index contributed by atoms with van der Waals surface area (Å²) in [5.74, 6) is 0.244. The molecule has 3 aromatic rings. The Morgan fingerprint density at radius 3 is 2.35 bits per heavy atom. The SMILES string of the molecule is COc1ccc(S(=O)(=O)N(CCc2ccccc2)CC(=O)N[C@@H](C)c2ccc(Br)cc2)cc1C. The molecule has 0 saturated heterocycles. The largest absolute Gasteiger partial charge is 0.496 e. The summed E-state index contributed by atoms with van der Waals surface area (Å²) in [6, 6.07) is 21.7. The van der Waals surface area contributed by atoms with Crippen LogP contribution < -0.4 is 10.1 Å². The Kier molecular flexibility index (Phi) is 8.88. The number of rotatable bonds is 10. The molecule has 0 heterocycles. The molecule has 1 atom stereocenters. The molecular weight excluding hydrogens is 516 g/mol. The maximum atomic E-state index is 13.5. The van der Waals surface area contributed by atoms with Gasteiger partial charge in [-0.3, -0.25) is 4.79 Å². The van der Waals surface area contributed by atoms with E-state index in [1.807, 2.05) is 61.5 Å². The van der Waals surface area contributed by atoms with Crippen molar-refractivity contribution in [1.82, 2.24) is 9.62 Å². The van der Waals surface area contributed by atoms with E-state index in [9.17, 15) is 13.2 Å². The number of hydrogen-bond acceptors (Lipinski definition) is 4. The number of nitrogens with zero attached hydrogens (tertiary/aromatic N) is 1. The highest BCUT2D eigenvalue weighted by Gasteiger charge is 2.27. The van der Waals surface area contributed by atoms with Crippen molar-refractivity contribution >= 4 is 31.9 Å². The normalized spacial score (nSPS) is 12.4. The van der Waals surface area contributed by atoms with Gasteiger partial charge in [0.15, 0.2) is 0 Å². The van der Waals surface area contributed by atoms with Crippen LogP contribution in [0.3, 0.4) is 0 Å². The van der Waals surface area contributed by atoms with Gasteiger partial charge in [0, 0.05) is 11.0 Å². The molecule has 1 N–H and O–H groups in total. The van der Waals surface area contributed by atoms with Gasteiger partial charge in [-0.1, -0.05) is 58.4 Å². The van der Waals surface area contributed by atoms with E-state index in [1.165, 1.54) is 10.4 Å². The van der Waals surface area contributed by atoms with E-state index in [0.717, 1.165) is 15.6 Å². The Balaban J connectivity index is 1.81. The quantitative estimate of drug-likeness (QED) is 0.394. The number of carbonyl (C=O) groups excluding carboxylic acids is 1. The highest BCUT2D eigenvalue weighted by molar-refractivity contribution is 9.10. The molecule has 0 aliphatic rings. The van der Waals surface area contributed by atoms with E-state index in [4.69, 9.17) is 4.74 Å². The molecule has 3 aromatic carbocycles. The Labute approximate surface area is 210 Å².